The highest BCUT2D eigenvalue weighted by Crippen LogP contribution is 2.25. The van der Waals surface area contributed by atoms with Gasteiger partial charge in [-0.05, 0) is 33.4 Å². The molecule has 0 atom stereocenters. The lowest BCUT2D eigenvalue weighted by Crippen LogP contribution is -2.19. The van der Waals surface area contributed by atoms with Gasteiger partial charge in [0.25, 0.3) is 0 Å². The van der Waals surface area contributed by atoms with Crippen LogP contribution < -0.4 is 5.46 Å². The summed E-state index contributed by atoms with van der Waals surface area (Å²) < 4.78 is 0. The Morgan fingerprint density at radius 3 is 2.30 bits per heavy atom. The van der Waals surface area contributed by atoms with E-state index in [1.54, 1.807) is 0 Å². The van der Waals surface area contributed by atoms with Crippen LogP contribution in [-0.4, -0.2) is 12.4 Å². The molecule has 0 bridgehead atoms. The van der Waals surface area contributed by atoms with Crippen LogP contribution in [0.2, 0.25) is 0 Å². The fourth-order valence-corrected chi connectivity index (χ4v) is 2.91. The summed E-state index contributed by atoms with van der Waals surface area (Å²) in [5.41, 5.74) is 1.38. The number of fused-ring (bicyclic) bond motifs is 3. The molecule has 3 rings (SSSR count). The quantitative estimate of drug-likeness (QED) is 0.401. The fourth-order valence-electron chi connectivity index (χ4n) is 2.91. The lowest BCUT2D eigenvalue weighted by Gasteiger charge is -2.18. The Balaban J connectivity index is 2.13. The molecule has 0 unspecified atom stereocenters. The Labute approximate surface area is 138 Å². The van der Waals surface area contributed by atoms with E-state index in [4.69, 9.17) is 0 Å². The first-order valence-electron chi connectivity index (χ1n) is 8.17. The van der Waals surface area contributed by atoms with E-state index in [1.165, 1.54) is 21.5 Å². The highest BCUT2D eigenvalue weighted by Gasteiger charge is 2.15. The van der Waals surface area contributed by atoms with Crippen molar-refractivity contribution < 1.29 is 5.11 Å². The van der Waals surface area contributed by atoms with E-state index in [9.17, 15) is 5.11 Å². The van der Waals surface area contributed by atoms with Gasteiger partial charge in [-0.15, -0.1) is 0 Å². The van der Waals surface area contributed by atoms with Gasteiger partial charge in [0.1, 0.15) is 0 Å². The van der Waals surface area contributed by atoms with Crippen LogP contribution in [0.1, 0.15) is 27.2 Å². The molecule has 1 radical (unpaired) electrons. The molecule has 1 nitrogen and oxygen atoms in total. The zero-order chi connectivity index (χ0) is 16.4. The molecule has 0 spiro atoms. The van der Waals surface area contributed by atoms with Crippen LogP contribution in [0.25, 0.3) is 21.5 Å². The first-order valence-corrected chi connectivity index (χ1v) is 8.17. The van der Waals surface area contributed by atoms with Gasteiger partial charge in [-0.3, -0.25) is 0 Å². The zero-order valence-corrected chi connectivity index (χ0v) is 14.0. The summed E-state index contributed by atoms with van der Waals surface area (Å²) in [6.07, 6.45) is 2.93. The zero-order valence-electron chi connectivity index (χ0n) is 14.0. The average Bonchev–Trinajstić information content (AvgIpc) is 2.54. The van der Waals surface area contributed by atoms with E-state index in [-0.39, 0.29) is 5.41 Å². The van der Waals surface area contributed by atoms with Crippen molar-refractivity contribution in [2.24, 2.45) is 5.41 Å². The van der Waals surface area contributed by atoms with E-state index in [0.717, 1.165) is 11.9 Å². The number of aliphatic hydroxyl groups is 1. The van der Waals surface area contributed by atoms with E-state index in [2.05, 4.69) is 69.3 Å². The molecule has 0 fully saturated rings. The fraction of sp³-hybridized carbons (Fsp3) is 0.238. The van der Waals surface area contributed by atoms with Crippen LogP contribution in [0.3, 0.4) is 0 Å². The normalized spacial score (nSPS) is 12.7. The Kier molecular flexibility index (Phi) is 4.17. The maximum absolute atomic E-state index is 10.4. The standard InChI is InChI=1S/C21H22BO/c1-4-21(2,3)14-20(23)22-19-13-15-9-5-6-10-16(15)17-11-7-8-12-18(17)19/h5-14,23H,4H2,1-3H3/b20-14+. The summed E-state index contributed by atoms with van der Waals surface area (Å²) in [6, 6.07) is 18.9. The van der Waals surface area contributed by atoms with Crippen LogP contribution in [0.5, 0.6) is 0 Å². The highest BCUT2D eigenvalue weighted by atomic mass is 16.3. The van der Waals surface area contributed by atoms with Crippen molar-refractivity contribution in [1.29, 1.82) is 0 Å². The van der Waals surface area contributed by atoms with Crippen molar-refractivity contribution in [3.63, 3.8) is 0 Å². The second-order valence-electron chi connectivity index (χ2n) is 6.79. The predicted octanol–water partition coefficient (Wildman–Crippen LogP) is 5.16. The van der Waals surface area contributed by atoms with Crippen LogP contribution in [0.4, 0.5) is 0 Å². The van der Waals surface area contributed by atoms with E-state index >= 15 is 0 Å². The van der Waals surface area contributed by atoms with Crippen molar-refractivity contribution in [1.82, 2.24) is 0 Å². The maximum Gasteiger partial charge on any atom is 0.239 e. The molecule has 0 heterocycles. The minimum Gasteiger partial charge on any atom is -0.523 e. The third kappa shape index (κ3) is 3.26. The smallest absolute Gasteiger partial charge is 0.239 e. The van der Waals surface area contributed by atoms with Crippen LogP contribution in [0, 0.1) is 5.41 Å². The molecule has 1 N–H and O–H groups in total. The predicted molar refractivity (Wildman–Crippen MR) is 102 cm³/mol. The van der Waals surface area contributed by atoms with Crippen molar-refractivity contribution in [3.8, 4) is 0 Å². The summed E-state index contributed by atoms with van der Waals surface area (Å²) in [5.74, 6) is 0. The molecule has 3 aromatic carbocycles. The summed E-state index contributed by atoms with van der Waals surface area (Å²) >= 11 is 0. The number of aliphatic hydroxyl groups excluding tert-OH is 1. The molecule has 0 saturated carbocycles. The SMILES string of the molecule is CCC(C)(C)/C=C(/O)[B]c1cc2ccccc2c2ccccc12. The Morgan fingerprint density at radius 2 is 1.61 bits per heavy atom. The summed E-state index contributed by atoms with van der Waals surface area (Å²) in [7, 11) is 1.88. The lowest BCUT2D eigenvalue weighted by atomic mass is 9.64. The Hall–Kier alpha value is -2.22. The minimum absolute atomic E-state index is 0.00671. The summed E-state index contributed by atoms with van der Waals surface area (Å²) in [4.78, 5) is 0. The molecular formula is C21H22BO. The first kappa shape index (κ1) is 15.7. The van der Waals surface area contributed by atoms with E-state index in [0.29, 0.717) is 5.66 Å². The molecule has 0 aliphatic rings. The number of benzene rings is 3. The molecule has 0 saturated heterocycles. The van der Waals surface area contributed by atoms with E-state index < -0.39 is 0 Å². The van der Waals surface area contributed by atoms with Gasteiger partial charge in [0.15, 0.2) is 0 Å². The summed E-state index contributed by atoms with van der Waals surface area (Å²) in [6.45, 7) is 6.40. The van der Waals surface area contributed by atoms with Crippen molar-refractivity contribution in [2.45, 2.75) is 27.2 Å². The third-order valence-corrected chi connectivity index (χ3v) is 4.55. The van der Waals surface area contributed by atoms with Gasteiger partial charge in [-0.1, -0.05) is 86.9 Å². The average molecular weight is 301 g/mol. The molecule has 3 aromatic rings. The van der Waals surface area contributed by atoms with Gasteiger partial charge >= 0.3 is 0 Å². The monoisotopic (exact) mass is 301 g/mol. The number of rotatable bonds is 4. The topological polar surface area (TPSA) is 20.2 Å². The van der Waals surface area contributed by atoms with Crippen LogP contribution >= 0.6 is 0 Å². The first-order chi connectivity index (χ1) is 11.0. The Bertz CT molecular complexity index is 877. The van der Waals surface area contributed by atoms with Gasteiger partial charge in [-0.2, -0.15) is 0 Å². The number of allylic oxidation sites excluding steroid dienone is 1. The van der Waals surface area contributed by atoms with Gasteiger partial charge in [0, 0.05) is 5.66 Å². The third-order valence-electron chi connectivity index (χ3n) is 4.55. The molecule has 0 aromatic heterocycles. The minimum atomic E-state index is -0.00671. The highest BCUT2D eigenvalue weighted by molar-refractivity contribution is 6.63. The molecule has 115 valence electrons. The number of hydrogen-bond acceptors (Lipinski definition) is 1. The van der Waals surface area contributed by atoms with Crippen molar-refractivity contribution >= 4 is 34.3 Å². The van der Waals surface area contributed by atoms with Gasteiger partial charge in [0.2, 0.25) is 7.28 Å². The largest absolute Gasteiger partial charge is 0.523 e. The molecule has 0 amide bonds. The van der Waals surface area contributed by atoms with Gasteiger partial charge in [-0.25, -0.2) is 0 Å². The molecule has 0 aliphatic carbocycles. The van der Waals surface area contributed by atoms with Crippen LogP contribution in [0.15, 0.2) is 66.3 Å². The lowest BCUT2D eigenvalue weighted by molar-refractivity contribution is 0.405. The molecule has 2 heteroatoms. The van der Waals surface area contributed by atoms with Gasteiger partial charge < -0.3 is 5.11 Å². The molecule has 23 heavy (non-hydrogen) atoms. The maximum atomic E-state index is 10.4. The van der Waals surface area contributed by atoms with Crippen molar-refractivity contribution in [3.05, 3.63) is 66.3 Å². The van der Waals surface area contributed by atoms with Gasteiger partial charge in [0.05, 0.1) is 0 Å². The molecule has 0 aliphatic heterocycles. The van der Waals surface area contributed by atoms with Crippen LogP contribution in [-0.2, 0) is 0 Å². The summed E-state index contributed by atoms with van der Waals surface area (Å²) in [5, 5.41) is 15.2. The molecular weight excluding hydrogens is 279 g/mol. The van der Waals surface area contributed by atoms with Crippen molar-refractivity contribution in [2.75, 3.05) is 0 Å². The number of hydrogen-bond donors (Lipinski definition) is 1. The Morgan fingerprint density at radius 1 is 1.00 bits per heavy atom. The second kappa shape index (κ2) is 6.12. The van der Waals surface area contributed by atoms with E-state index in [1.807, 2.05) is 19.4 Å². The second-order valence-corrected chi connectivity index (χ2v) is 6.79.